The zero-order valence-electron chi connectivity index (χ0n) is 9.31. The Kier molecular flexibility index (Phi) is 3.17. The summed E-state index contributed by atoms with van der Waals surface area (Å²) < 4.78 is 0. The van der Waals surface area contributed by atoms with E-state index < -0.39 is 0 Å². The Morgan fingerprint density at radius 2 is 2.18 bits per heavy atom. The van der Waals surface area contributed by atoms with E-state index in [1.165, 1.54) is 0 Å². The van der Waals surface area contributed by atoms with Gasteiger partial charge in [-0.1, -0.05) is 6.07 Å². The molecule has 2 rings (SSSR count). The van der Waals surface area contributed by atoms with Gasteiger partial charge in [0.1, 0.15) is 5.82 Å². The Morgan fingerprint density at radius 1 is 1.29 bits per heavy atom. The lowest BCUT2D eigenvalue weighted by Crippen LogP contribution is -2.00. The van der Waals surface area contributed by atoms with Crippen LogP contribution in [0.1, 0.15) is 5.56 Å². The number of rotatable bonds is 3. The topological polar surface area (TPSA) is 73.6 Å². The molecule has 17 heavy (non-hydrogen) atoms. The van der Waals surface area contributed by atoms with E-state index in [0.29, 0.717) is 11.5 Å². The van der Waals surface area contributed by atoms with E-state index in [2.05, 4.69) is 26.7 Å². The van der Waals surface area contributed by atoms with Gasteiger partial charge < -0.3 is 10.6 Å². The molecule has 0 fully saturated rings. The molecule has 0 spiro atoms. The van der Waals surface area contributed by atoms with Crippen LogP contribution in [0, 0.1) is 11.3 Å². The number of anilines is 3. The Labute approximate surface area is 99.1 Å². The van der Waals surface area contributed by atoms with E-state index in [0.717, 1.165) is 11.5 Å². The molecule has 1 aromatic heterocycles. The summed E-state index contributed by atoms with van der Waals surface area (Å²) in [6.45, 7) is 0. The maximum absolute atomic E-state index is 8.79. The first-order chi connectivity index (χ1) is 8.31. The minimum Gasteiger partial charge on any atom is -0.373 e. The van der Waals surface area contributed by atoms with Gasteiger partial charge in [-0.2, -0.15) is 10.2 Å². The highest BCUT2D eigenvalue weighted by Gasteiger charge is 1.99. The van der Waals surface area contributed by atoms with Crippen molar-refractivity contribution in [1.82, 2.24) is 9.97 Å². The molecule has 0 atom stereocenters. The van der Waals surface area contributed by atoms with Crippen LogP contribution in [-0.4, -0.2) is 17.0 Å². The number of aromatic nitrogens is 2. The molecule has 2 aromatic rings. The molecule has 0 saturated carbocycles. The molecule has 84 valence electrons. The molecule has 5 nitrogen and oxygen atoms in total. The zero-order chi connectivity index (χ0) is 12.1. The molecule has 0 aliphatic carbocycles. The van der Waals surface area contributed by atoms with E-state index in [1.54, 1.807) is 31.4 Å². The van der Waals surface area contributed by atoms with Crippen molar-refractivity contribution in [1.29, 1.82) is 5.26 Å². The van der Waals surface area contributed by atoms with Gasteiger partial charge in [-0.15, -0.1) is 0 Å². The fourth-order valence-electron chi connectivity index (χ4n) is 1.35. The molecule has 0 amide bonds. The van der Waals surface area contributed by atoms with Gasteiger partial charge in [0, 0.05) is 18.9 Å². The number of nitrogens with one attached hydrogen (secondary N) is 2. The van der Waals surface area contributed by atoms with Gasteiger partial charge in [0.2, 0.25) is 5.95 Å². The summed E-state index contributed by atoms with van der Waals surface area (Å²) in [7, 11) is 1.79. The Morgan fingerprint density at radius 3 is 2.94 bits per heavy atom. The van der Waals surface area contributed by atoms with Gasteiger partial charge >= 0.3 is 0 Å². The van der Waals surface area contributed by atoms with Crippen LogP contribution < -0.4 is 10.6 Å². The summed E-state index contributed by atoms with van der Waals surface area (Å²) in [4.78, 5) is 8.32. The van der Waals surface area contributed by atoms with Crippen molar-refractivity contribution in [2.45, 2.75) is 0 Å². The quantitative estimate of drug-likeness (QED) is 0.837. The standard InChI is InChI=1S/C12H11N5/c1-14-11-5-6-15-12(17-11)16-10-4-2-3-9(7-10)8-13/h2-7H,1H3,(H2,14,15,16,17). The number of hydrogen-bond donors (Lipinski definition) is 2. The van der Waals surface area contributed by atoms with Crippen molar-refractivity contribution >= 4 is 17.5 Å². The predicted octanol–water partition coefficient (Wildman–Crippen LogP) is 2.13. The average molecular weight is 225 g/mol. The van der Waals surface area contributed by atoms with E-state index in [4.69, 9.17) is 5.26 Å². The molecule has 1 heterocycles. The van der Waals surface area contributed by atoms with Crippen molar-refractivity contribution in [3.63, 3.8) is 0 Å². The number of nitriles is 1. The van der Waals surface area contributed by atoms with Gasteiger partial charge in [-0.25, -0.2) is 4.98 Å². The van der Waals surface area contributed by atoms with Gasteiger partial charge in [0.05, 0.1) is 11.6 Å². The largest absolute Gasteiger partial charge is 0.373 e. The molecular formula is C12H11N5. The molecule has 2 N–H and O–H groups in total. The third-order valence-electron chi connectivity index (χ3n) is 2.16. The van der Waals surface area contributed by atoms with Crippen LogP contribution in [0.4, 0.5) is 17.5 Å². The highest BCUT2D eigenvalue weighted by molar-refractivity contribution is 5.57. The third kappa shape index (κ3) is 2.69. The second kappa shape index (κ2) is 4.94. The lowest BCUT2D eigenvalue weighted by molar-refractivity contribution is 1.16. The molecular weight excluding hydrogens is 214 g/mol. The Bertz CT molecular complexity index is 559. The Hall–Kier alpha value is -2.61. The minimum absolute atomic E-state index is 0.493. The van der Waals surface area contributed by atoms with Crippen LogP contribution in [0.5, 0.6) is 0 Å². The maximum Gasteiger partial charge on any atom is 0.229 e. The normalized spacial score (nSPS) is 9.41. The van der Waals surface area contributed by atoms with E-state index in [1.807, 2.05) is 12.1 Å². The summed E-state index contributed by atoms with van der Waals surface area (Å²) in [6.07, 6.45) is 1.66. The SMILES string of the molecule is CNc1ccnc(Nc2cccc(C#N)c2)n1. The van der Waals surface area contributed by atoms with Gasteiger partial charge in [0.15, 0.2) is 0 Å². The molecule has 0 bridgehead atoms. The van der Waals surface area contributed by atoms with Crippen molar-refractivity contribution in [2.24, 2.45) is 0 Å². The van der Waals surface area contributed by atoms with Crippen molar-refractivity contribution in [3.8, 4) is 6.07 Å². The van der Waals surface area contributed by atoms with Crippen molar-refractivity contribution in [2.75, 3.05) is 17.7 Å². The van der Waals surface area contributed by atoms with Crippen LogP contribution >= 0.6 is 0 Å². The van der Waals surface area contributed by atoms with Crippen LogP contribution in [-0.2, 0) is 0 Å². The summed E-state index contributed by atoms with van der Waals surface area (Å²) in [5, 5.41) is 14.8. The van der Waals surface area contributed by atoms with Crippen LogP contribution in [0.2, 0.25) is 0 Å². The molecule has 0 aliphatic heterocycles. The lowest BCUT2D eigenvalue weighted by Gasteiger charge is -2.06. The van der Waals surface area contributed by atoms with E-state index in [9.17, 15) is 0 Å². The van der Waals surface area contributed by atoms with Gasteiger partial charge in [0.25, 0.3) is 0 Å². The summed E-state index contributed by atoms with van der Waals surface area (Å²) in [5.41, 5.74) is 1.39. The first-order valence-corrected chi connectivity index (χ1v) is 5.10. The van der Waals surface area contributed by atoms with Crippen LogP contribution in [0.25, 0.3) is 0 Å². The van der Waals surface area contributed by atoms with Crippen LogP contribution in [0.15, 0.2) is 36.5 Å². The Balaban J connectivity index is 2.22. The molecule has 1 aromatic carbocycles. The molecule has 0 radical (unpaired) electrons. The third-order valence-corrected chi connectivity index (χ3v) is 2.16. The predicted molar refractivity (Wildman–Crippen MR) is 66.0 cm³/mol. The van der Waals surface area contributed by atoms with Gasteiger partial charge in [-0.3, -0.25) is 0 Å². The highest BCUT2D eigenvalue weighted by atomic mass is 15.1. The fraction of sp³-hybridized carbons (Fsp3) is 0.0833. The van der Waals surface area contributed by atoms with Gasteiger partial charge in [-0.05, 0) is 24.3 Å². The second-order valence-corrected chi connectivity index (χ2v) is 3.33. The summed E-state index contributed by atoms with van der Waals surface area (Å²) in [6, 6.07) is 11.0. The maximum atomic E-state index is 8.79. The summed E-state index contributed by atoms with van der Waals surface area (Å²) >= 11 is 0. The average Bonchev–Trinajstić information content (AvgIpc) is 2.39. The summed E-state index contributed by atoms with van der Waals surface area (Å²) in [5.74, 6) is 1.23. The van der Waals surface area contributed by atoms with E-state index >= 15 is 0 Å². The number of nitrogens with zero attached hydrogens (tertiary/aromatic N) is 3. The van der Waals surface area contributed by atoms with Crippen molar-refractivity contribution in [3.05, 3.63) is 42.1 Å². The first-order valence-electron chi connectivity index (χ1n) is 5.10. The number of benzene rings is 1. The smallest absolute Gasteiger partial charge is 0.229 e. The molecule has 0 saturated heterocycles. The first kappa shape index (κ1) is 10.9. The minimum atomic E-state index is 0.493. The molecule has 0 unspecified atom stereocenters. The monoisotopic (exact) mass is 225 g/mol. The van der Waals surface area contributed by atoms with E-state index in [-0.39, 0.29) is 0 Å². The number of hydrogen-bond acceptors (Lipinski definition) is 5. The zero-order valence-corrected chi connectivity index (χ0v) is 9.31. The van der Waals surface area contributed by atoms with Crippen molar-refractivity contribution < 1.29 is 0 Å². The second-order valence-electron chi connectivity index (χ2n) is 3.33. The molecule has 0 aliphatic rings. The fourth-order valence-corrected chi connectivity index (χ4v) is 1.35. The molecule has 5 heteroatoms. The lowest BCUT2D eigenvalue weighted by atomic mass is 10.2. The van der Waals surface area contributed by atoms with Crippen LogP contribution in [0.3, 0.4) is 0 Å². The highest BCUT2D eigenvalue weighted by Crippen LogP contribution is 2.15.